The second-order valence-electron chi connectivity index (χ2n) is 9.92. The second kappa shape index (κ2) is 16.3. The van der Waals surface area contributed by atoms with Crippen LogP contribution in [0.3, 0.4) is 0 Å². The summed E-state index contributed by atoms with van der Waals surface area (Å²) < 4.78 is 27.7. The van der Waals surface area contributed by atoms with Gasteiger partial charge in [0.25, 0.3) is 0 Å². The molecule has 0 bridgehead atoms. The Morgan fingerprint density at radius 3 is 2.00 bits per heavy atom. The summed E-state index contributed by atoms with van der Waals surface area (Å²) in [6.07, 6.45) is 1.40. The first-order valence-corrected chi connectivity index (χ1v) is 13.9. The molecular weight excluding hydrogens is 571 g/mol. The van der Waals surface area contributed by atoms with Gasteiger partial charge >= 0.3 is 0 Å². The van der Waals surface area contributed by atoms with Crippen LogP contribution < -0.4 is 10.5 Å². The fourth-order valence-electron chi connectivity index (χ4n) is 4.34. The van der Waals surface area contributed by atoms with Crippen LogP contribution in [-0.2, 0) is 16.6 Å². The Hall–Kier alpha value is -5.54. The summed E-state index contributed by atoms with van der Waals surface area (Å²) in [5.41, 5.74) is 11.0. The molecule has 0 saturated heterocycles. The Morgan fingerprint density at radius 2 is 1.42 bits per heavy atom. The SMILES string of the molecule is C=O.COC.Cc1ccc(C)cc1.Cn1c(C(=O)c2cnn(-c3ccc(Oc4ccccc4)c(F)c3)c2N)cc2ccccc21. The van der Waals surface area contributed by atoms with Crippen LogP contribution in [-0.4, -0.2) is 41.1 Å². The molecule has 6 rings (SSSR count). The number of para-hydroxylation sites is 2. The third-order valence-electron chi connectivity index (χ3n) is 6.58. The number of nitrogen functional groups attached to an aromatic ring is 1. The van der Waals surface area contributed by atoms with Gasteiger partial charge in [0.1, 0.15) is 18.4 Å². The third kappa shape index (κ3) is 8.52. The van der Waals surface area contributed by atoms with Crippen molar-refractivity contribution >= 4 is 29.3 Å². The van der Waals surface area contributed by atoms with Crippen molar-refractivity contribution in [2.24, 2.45) is 7.05 Å². The lowest BCUT2D eigenvalue weighted by Crippen LogP contribution is -2.10. The van der Waals surface area contributed by atoms with Crippen LogP contribution >= 0.6 is 0 Å². The van der Waals surface area contributed by atoms with E-state index in [1.807, 2.05) is 54.8 Å². The van der Waals surface area contributed by atoms with Crippen molar-refractivity contribution in [1.82, 2.24) is 14.3 Å². The third-order valence-corrected chi connectivity index (χ3v) is 6.58. The lowest BCUT2D eigenvalue weighted by Gasteiger charge is -2.10. The molecule has 0 atom stereocenters. The van der Waals surface area contributed by atoms with Gasteiger partial charge in [-0.2, -0.15) is 5.10 Å². The van der Waals surface area contributed by atoms with Crippen molar-refractivity contribution in [2.45, 2.75) is 13.8 Å². The number of hydrogen-bond acceptors (Lipinski definition) is 6. The van der Waals surface area contributed by atoms with E-state index in [1.54, 1.807) is 44.6 Å². The molecule has 0 unspecified atom stereocenters. The van der Waals surface area contributed by atoms with E-state index < -0.39 is 5.82 Å². The quantitative estimate of drug-likeness (QED) is 0.204. The number of ketones is 1. The molecule has 0 fully saturated rings. The van der Waals surface area contributed by atoms with E-state index in [1.165, 1.54) is 34.1 Å². The zero-order valence-electron chi connectivity index (χ0n) is 26.0. The molecule has 2 heterocycles. The van der Waals surface area contributed by atoms with Crippen molar-refractivity contribution in [3.8, 4) is 17.2 Å². The molecule has 232 valence electrons. The largest absolute Gasteiger partial charge is 0.454 e. The van der Waals surface area contributed by atoms with E-state index in [4.69, 9.17) is 15.3 Å². The molecule has 8 nitrogen and oxygen atoms in total. The molecule has 0 aliphatic rings. The van der Waals surface area contributed by atoms with E-state index >= 15 is 0 Å². The number of aryl methyl sites for hydroxylation is 3. The predicted molar refractivity (Wildman–Crippen MR) is 177 cm³/mol. The molecule has 9 heteroatoms. The Morgan fingerprint density at radius 1 is 0.844 bits per heavy atom. The molecule has 2 N–H and O–H groups in total. The summed E-state index contributed by atoms with van der Waals surface area (Å²) in [5.74, 6) is -0.0748. The molecule has 0 saturated carbocycles. The van der Waals surface area contributed by atoms with Gasteiger partial charge in [-0.05, 0) is 50.2 Å². The number of benzene rings is 4. The van der Waals surface area contributed by atoms with E-state index in [2.05, 4.69) is 47.9 Å². The lowest BCUT2D eigenvalue weighted by molar-refractivity contribution is -0.0980. The first-order chi connectivity index (χ1) is 21.7. The fraction of sp³-hybridized carbons (Fsp3) is 0.139. The molecule has 0 amide bonds. The number of halogens is 1. The second-order valence-corrected chi connectivity index (χ2v) is 9.92. The fourth-order valence-corrected chi connectivity index (χ4v) is 4.34. The van der Waals surface area contributed by atoms with Gasteiger partial charge in [-0.15, -0.1) is 0 Å². The first-order valence-electron chi connectivity index (χ1n) is 13.9. The number of hydrogen-bond donors (Lipinski definition) is 1. The van der Waals surface area contributed by atoms with Gasteiger partial charge in [-0.1, -0.05) is 71.8 Å². The lowest BCUT2D eigenvalue weighted by atomic mass is 10.1. The minimum absolute atomic E-state index is 0.0810. The number of anilines is 1. The van der Waals surface area contributed by atoms with E-state index in [-0.39, 0.29) is 22.9 Å². The highest BCUT2D eigenvalue weighted by atomic mass is 19.1. The number of rotatable bonds is 5. The highest BCUT2D eigenvalue weighted by Crippen LogP contribution is 2.28. The average Bonchev–Trinajstić information content (AvgIpc) is 3.61. The van der Waals surface area contributed by atoms with Gasteiger partial charge in [0.05, 0.1) is 23.1 Å². The number of carbonyl (C=O) groups excluding carboxylic acids is 2. The Kier molecular flexibility index (Phi) is 12.3. The van der Waals surface area contributed by atoms with Crippen molar-refractivity contribution < 1.29 is 23.5 Å². The van der Waals surface area contributed by atoms with Crippen LogP contribution in [0.1, 0.15) is 27.2 Å². The van der Waals surface area contributed by atoms with Crippen molar-refractivity contribution in [3.63, 3.8) is 0 Å². The van der Waals surface area contributed by atoms with Gasteiger partial charge in [-0.25, -0.2) is 9.07 Å². The van der Waals surface area contributed by atoms with E-state index in [0.29, 0.717) is 17.1 Å². The van der Waals surface area contributed by atoms with Crippen LogP contribution in [0.2, 0.25) is 0 Å². The number of fused-ring (bicyclic) bond motifs is 1. The number of nitrogens with zero attached hydrogens (tertiary/aromatic N) is 3. The minimum atomic E-state index is -0.567. The summed E-state index contributed by atoms with van der Waals surface area (Å²) in [7, 11) is 5.08. The summed E-state index contributed by atoms with van der Waals surface area (Å²) in [6.45, 7) is 6.19. The van der Waals surface area contributed by atoms with Gasteiger partial charge in [0, 0.05) is 38.2 Å². The molecule has 0 spiro atoms. The number of nitrogens with two attached hydrogens (primary N) is 1. The van der Waals surface area contributed by atoms with Crippen LogP contribution in [0.25, 0.3) is 16.6 Å². The van der Waals surface area contributed by atoms with Crippen LogP contribution in [0.4, 0.5) is 10.2 Å². The number of aromatic nitrogens is 3. The Balaban J connectivity index is 0.000000359. The monoisotopic (exact) mass is 608 g/mol. The van der Waals surface area contributed by atoms with Crippen LogP contribution in [0.15, 0.2) is 109 Å². The van der Waals surface area contributed by atoms with Crippen LogP contribution in [0, 0.1) is 19.7 Å². The molecule has 4 aromatic carbocycles. The predicted octanol–water partition coefficient (Wildman–Crippen LogP) is 7.49. The summed E-state index contributed by atoms with van der Waals surface area (Å²) in [6, 6.07) is 31.4. The zero-order chi connectivity index (χ0) is 32.9. The molecule has 0 aliphatic carbocycles. The highest BCUT2D eigenvalue weighted by molar-refractivity contribution is 6.12. The van der Waals surface area contributed by atoms with E-state index in [9.17, 15) is 9.18 Å². The smallest absolute Gasteiger partial charge is 0.214 e. The minimum Gasteiger partial charge on any atom is -0.454 e. The molecule has 45 heavy (non-hydrogen) atoms. The van der Waals surface area contributed by atoms with Crippen molar-refractivity contribution in [2.75, 3.05) is 20.0 Å². The van der Waals surface area contributed by atoms with Crippen molar-refractivity contribution in [3.05, 3.63) is 138 Å². The van der Waals surface area contributed by atoms with Gasteiger partial charge < -0.3 is 24.6 Å². The number of carbonyl (C=O) groups is 2. The summed E-state index contributed by atoms with van der Waals surface area (Å²) in [4.78, 5) is 21.2. The molecule has 0 radical (unpaired) electrons. The Bertz CT molecular complexity index is 1810. The zero-order valence-corrected chi connectivity index (χ0v) is 26.0. The maximum absolute atomic E-state index is 14.7. The van der Waals surface area contributed by atoms with E-state index in [0.717, 1.165) is 10.9 Å². The maximum atomic E-state index is 14.7. The molecule has 0 aliphatic heterocycles. The average molecular weight is 609 g/mol. The summed E-state index contributed by atoms with van der Waals surface area (Å²) >= 11 is 0. The molecule has 2 aromatic heterocycles. The standard InChI is InChI=1S/C25H19FN4O2.C8H10.C2H6O.CH2O/c1-29-21-10-6-5-7-16(21)13-22(29)24(31)19-15-28-30(25(19)27)17-11-12-23(20(26)14-17)32-18-8-3-2-4-9-18;1-7-3-5-8(2)6-4-7;1-3-2;1-2/h2-15H,27H2,1H3;3-6H,1-2H3;1-2H3;1H2. The number of methoxy groups -OCH3 is 1. The molecular formula is C36H37FN4O4. The van der Waals surface area contributed by atoms with Crippen molar-refractivity contribution in [1.29, 1.82) is 0 Å². The van der Waals surface area contributed by atoms with Gasteiger partial charge in [0.15, 0.2) is 11.6 Å². The normalized spacial score (nSPS) is 10.0. The highest BCUT2D eigenvalue weighted by Gasteiger charge is 2.21. The summed E-state index contributed by atoms with van der Waals surface area (Å²) in [5, 5.41) is 5.18. The van der Waals surface area contributed by atoms with Crippen LogP contribution in [0.5, 0.6) is 11.5 Å². The number of ether oxygens (including phenoxy) is 2. The Labute approximate surface area is 262 Å². The van der Waals surface area contributed by atoms with Gasteiger partial charge in [0.2, 0.25) is 5.78 Å². The topological polar surface area (TPSA) is 101 Å². The maximum Gasteiger partial charge on any atom is 0.214 e. The first kappa shape index (κ1) is 34.0. The van der Waals surface area contributed by atoms with Gasteiger partial charge in [-0.3, -0.25) is 4.79 Å². The molecule has 6 aromatic rings.